The standard InChI is InChI=1S/C21H21BrClNO2/c1-2-14-24(21(25)26-16-17-9-4-3-5-10-17)15-7-6-11-18-19(22)12-8-13-20(18)23/h2-6,8-13H,1,7,14-16H2. The summed E-state index contributed by atoms with van der Waals surface area (Å²) in [5.41, 5.74) is 1.89. The van der Waals surface area contributed by atoms with E-state index in [0.29, 0.717) is 24.5 Å². The quantitative estimate of drug-likeness (QED) is 0.454. The summed E-state index contributed by atoms with van der Waals surface area (Å²) in [4.78, 5) is 13.9. The second kappa shape index (κ2) is 10.8. The van der Waals surface area contributed by atoms with Crippen molar-refractivity contribution >= 4 is 39.7 Å². The van der Waals surface area contributed by atoms with Crippen LogP contribution in [0.2, 0.25) is 5.02 Å². The molecule has 0 aromatic heterocycles. The summed E-state index contributed by atoms with van der Waals surface area (Å²) < 4.78 is 6.32. The normalized spacial score (nSPS) is 10.7. The van der Waals surface area contributed by atoms with Crippen molar-refractivity contribution in [2.24, 2.45) is 0 Å². The van der Waals surface area contributed by atoms with Gasteiger partial charge in [-0.15, -0.1) is 6.58 Å². The molecular weight excluding hydrogens is 414 g/mol. The fraction of sp³-hybridized carbons (Fsp3) is 0.190. The topological polar surface area (TPSA) is 29.5 Å². The zero-order chi connectivity index (χ0) is 18.8. The first-order chi connectivity index (χ1) is 12.6. The average Bonchev–Trinajstić information content (AvgIpc) is 2.65. The van der Waals surface area contributed by atoms with Crippen LogP contribution in [0.25, 0.3) is 6.08 Å². The van der Waals surface area contributed by atoms with Crippen molar-refractivity contribution in [3.63, 3.8) is 0 Å². The van der Waals surface area contributed by atoms with Gasteiger partial charge in [0.25, 0.3) is 0 Å². The lowest BCUT2D eigenvalue weighted by atomic mass is 10.2. The van der Waals surface area contributed by atoms with E-state index in [1.54, 1.807) is 11.0 Å². The summed E-state index contributed by atoms with van der Waals surface area (Å²) in [5, 5.41) is 0.681. The average molecular weight is 435 g/mol. The van der Waals surface area contributed by atoms with E-state index in [0.717, 1.165) is 15.6 Å². The fourth-order valence-electron chi connectivity index (χ4n) is 2.33. The van der Waals surface area contributed by atoms with Crippen LogP contribution < -0.4 is 0 Å². The van der Waals surface area contributed by atoms with E-state index in [1.807, 2.05) is 60.7 Å². The van der Waals surface area contributed by atoms with Crippen molar-refractivity contribution in [3.8, 4) is 0 Å². The van der Waals surface area contributed by atoms with Crippen molar-refractivity contribution in [1.82, 2.24) is 4.90 Å². The first-order valence-corrected chi connectivity index (χ1v) is 9.46. The van der Waals surface area contributed by atoms with Crippen LogP contribution in [0, 0.1) is 0 Å². The van der Waals surface area contributed by atoms with Crippen LogP contribution in [0.5, 0.6) is 0 Å². The highest BCUT2D eigenvalue weighted by Gasteiger charge is 2.12. The maximum atomic E-state index is 12.3. The summed E-state index contributed by atoms with van der Waals surface area (Å²) in [6.07, 6.45) is 5.98. The molecule has 0 radical (unpaired) electrons. The number of nitrogens with zero attached hydrogens (tertiary/aromatic N) is 1. The monoisotopic (exact) mass is 433 g/mol. The molecule has 3 nitrogen and oxygen atoms in total. The van der Waals surface area contributed by atoms with Crippen LogP contribution in [0.3, 0.4) is 0 Å². The molecule has 2 aromatic carbocycles. The molecule has 0 bridgehead atoms. The number of benzene rings is 2. The van der Waals surface area contributed by atoms with Gasteiger partial charge in [-0.25, -0.2) is 4.79 Å². The number of carbonyl (C=O) groups is 1. The van der Waals surface area contributed by atoms with Crippen LogP contribution in [0.4, 0.5) is 4.79 Å². The molecule has 0 saturated carbocycles. The Kier molecular flexibility index (Phi) is 8.45. The van der Waals surface area contributed by atoms with Crippen LogP contribution in [-0.4, -0.2) is 24.1 Å². The number of ether oxygens (including phenoxy) is 1. The maximum absolute atomic E-state index is 12.3. The van der Waals surface area contributed by atoms with E-state index < -0.39 is 0 Å². The van der Waals surface area contributed by atoms with Gasteiger partial charge in [0.05, 0.1) is 0 Å². The lowest BCUT2D eigenvalue weighted by Gasteiger charge is -2.20. The number of hydrogen-bond acceptors (Lipinski definition) is 2. The van der Waals surface area contributed by atoms with Crippen molar-refractivity contribution < 1.29 is 9.53 Å². The predicted octanol–water partition coefficient (Wildman–Crippen LogP) is 6.33. The Morgan fingerprint density at radius 3 is 2.65 bits per heavy atom. The van der Waals surface area contributed by atoms with E-state index in [4.69, 9.17) is 16.3 Å². The SMILES string of the molecule is C=CCN(CCC=Cc1c(Cl)cccc1Br)C(=O)OCc1ccccc1. The Morgan fingerprint density at radius 2 is 1.96 bits per heavy atom. The van der Waals surface area contributed by atoms with Crippen molar-refractivity contribution in [2.75, 3.05) is 13.1 Å². The minimum Gasteiger partial charge on any atom is -0.445 e. The van der Waals surface area contributed by atoms with Gasteiger partial charge in [0.1, 0.15) is 6.61 Å². The Labute approximate surface area is 168 Å². The zero-order valence-electron chi connectivity index (χ0n) is 14.4. The minimum absolute atomic E-state index is 0.260. The molecule has 0 spiro atoms. The van der Waals surface area contributed by atoms with Crippen LogP contribution in [0.1, 0.15) is 17.5 Å². The lowest BCUT2D eigenvalue weighted by Crippen LogP contribution is -2.32. The Balaban J connectivity index is 1.88. The van der Waals surface area contributed by atoms with Crippen LogP contribution >= 0.6 is 27.5 Å². The first-order valence-electron chi connectivity index (χ1n) is 8.29. The highest BCUT2D eigenvalue weighted by molar-refractivity contribution is 9.10. The predicted molar refractivity (Wildman–Crippen MR) is 111 cm³/mol. The molecule has 0 unspecified atom stereocenters. The second-order valence-electron chi connectivity index (χ2n) is 5.60. The van der Waals surface area contributed by atoms with E-state index >= 15 is 0 Å². The molecule has 0 fully saturated rings. The Bertz CT molecular complexity index is 742. The van der Waals surface area contributed by atoms with E-state index in [1.165, 1.54) is 0 Å². The third-order valence-electron chi connectivity index (χ3n) is 3.66. The Hall–Kier alpha value is -2.04. The molecule has 136 valence electrons. The van der Waals surface area contributed by atoms with E-state index in [-0.39, 0.29) is 12.7 Å². The van der Waals surface area contributed by atoms with Crippen LogP contribution in [0.15, 0.2) is 71.7 Å². The maximum Gasteiger partial charge on any atom is 0.410 e. The number of halogens is 2. The summed E-state index contributed by atoms with van der Waals surface area (Å²) in [6, 6.07) is 15.3. The molecule has 0 atom stereocenters. The van der Waals surface area contributed by atoms with Gasteiger partial charge in [-0.1, -0.05) is 82.2 Å². The molecule has 1 amide bonds. The summed E-state index contributed by atoms with van der Waals surface area (Å²) in [5.74, 6) is 0. The highest BCUT2D eigenvalue weighted by atomic mass is 79.9. The number of hydrogen-bond donors (Lipinski definition) is 0. The van der Waals surface area contributed by atoms with Gasteiger partial charge in [0.2, 0.25) is 0 Å². The summed E-state index contributed by atoms with van der Waals surface area (Å²) in [6.45, 7) is 4.95. The van der Waals surface area contributed by atoms with Crippen molar-refractivity contribution in [3.05, 3.63) is 87.9 Å². The van der Waals surface area contributed by atoms with Gasteiger partial charge in [0.15, 0.2) is 0 Å². The molecule has 0 aliphatic carbocycles. The minimum atomic E-state index is -0.346. The molecule has 5 heteroatoms. The molecule has 0 saturated heterocycles. The molecule has 0 aliphatic rings. The Morgan fingerprint density at radius 1 is 1.19 bits per heavy atom. The van der Waals surface area contributed by atoms with Crippen molar-refractivity contribution in [1.29, 1.82) is 0 Å². The first kappa shape index (κ1) is 20.3. The third kappa shape index (κ3) is 6.36. The zero-order valence-corrected chi connectivity index (χ0v) is 16.7. The molecule has 0 aliphatic heterocycles. The molecule has 0 heterocycles. The molecule has 2 rings (SSSR count). The smallest absolute Gasteiger partial charge is 0.410 e. The molecule has 0 N–H and O–H groups in total. The molecule has 26 heavy (non-hydrogen) atoms. The van der Waals surface area contributed by atoms with E-state index in [2.05, 4.69) is 22.5 Å². The number of rotatable bonds is 8. The number of amides is 1. The highest BCUT2D eigenvalue weighted by Crippen LogP contribution is 2.26. The number of carbonyl (C=O) groups excluding carboxylic acids is 1. The van der Waals surface area contributed by atoms with Crippen molar-refractivity contribution in [2.45, 2.75) is 13.0 Å². The van der Waals surface area contributed by atoms with Gasteiger partial charge >= 0.3 is 6.09 Å². The largest absolute Gasteiger partial charge is 0.445 e. The van der Waals surface area contributed by atoms with Gasteiger partial charge in [-0.2, -0.15) is 0 Å². The van der Waals surface area contributed by atoms with Gasteiger partial charge in [-0.05, 0) is 24.1 Å². The molecule has 2 aromatic rings. The fourth-order valence-corrected chi connectivity index (χ4v) is 3.18. The van der Waals surface area contributed by atoms with Gasteiger partial charge in [0, 0.05) is 28.1 Å². The lowest BCUT2D eigenvalue weighted by molar-refractivity contribution is 0.101. The van der Waals surface area contributed by atoms with Gasteiger partial charge in [-0.3, -0.25) is 0 Å². The summed E-state index contributed by atoms with van der Waals surface area (Å²) >= 11 is 9.68. The van der Waals surface area contributed by atoms with Gasteiger partial charge < -0.3 is 9.64 Å². The van der Waals surface area contributed by atoms with E-state index in [9.17, 15) is 4.79 Å². The summed E-state index contributed by atoms with van der Waals surface area (Å²) in [7, 11) is 0. The molecular formula is C21H21BrClNO2. The van der Waals surface area contributed by atoms with Crippen LogP contribution in [-0.2, 0) is 11.3 Å². The third-order valence-corrected chi connectivity index (χ3v) is 4.68. The second-order valence-corrected chi connectivity index (χ2v) is 6.86.